The van der Waals surface area contributed by atoms with Crippen molar-refractivity contribution < 1.29 is 14.3 Å². The molecular weight excluding hydrogens is 318 g/mol. The third kappa shape index (κ3) is 5.10. The average Bonchev–Trinajstić information content (AvgIpc) is 2.33. The molecule has 0 bridgehead atoms. The van der Waals surface area contributed by atoms with Gasteiger partial charge < -0.3 is 10.1 Å². The van der Waals surface area contributed by atoms with Gasteiger partial charge in [-0.25, -0.2) is 4.79 Å². The molecule has 0 unspecified atom stereocenters. The van der Waals surface area contributed by atoms with Crippen LogP contribution in [0.25, 0.3) is 0 Å². The molecule has 1 aromatic rings. The molecule has 1 atom stereocenters. The van der Waals surface area contributed by atoms with Crippen LogP contribution in [0.1, 0.15) is 12.5 Å². The SMILES string of the molecule is CC(=O)N[C@@H](CS)C(=O)OCc1cccc(Br)c1. The van der Waals surface area contributed by atoms with Crippen molar-refractivity contribution in [2.75, 3.05) is 5.75 Å². The molecular formula is C12H14BrNO3S. The molecule has 0 fully saturated rings. The fourth-order valence-corrected chi connectivity index (χ4v) is 1.99. The van der Waals surface area contributed by atoms with E-state index in [1.54, 1.807) is 0 Å². The summed E-state index contributed by atoms with van der Waals surface area (Å²) >= 11 is 7.34. The van der Waals surface area contributed by atoms with Crippen molar-refractivity contribution in [3.8, 4) is 0 Å². The summed E-state index contributed by atoms with van der Waals surface area (Å²) in [4.78, 5) is 22.5. The van der Waals surface area contributed by atoms with Crippen LogP contribution >= 0.6 is 28.6 Å². The van der Waals surface area contributed by atoms with Gasteiger partial charge in [-0.05, 0) is 17.7 Å². The third-order valence-corrected chi connectivity index (χ3v) is 2.97. The highest BCUT2D eigenvalue weighted by molar-refractivity contribution is 9.10. The monoisotopic (exact) mass is 331 g/mol. The average molecular weight is 332 g/mol. The smallest absolute Gasteiger partial charge is 0.329 e. The summed E-state index contributed by atoms with van der Waals surface area (Å²) in [5, 5.41) is 2.48. The summed E-state index contributed by atoms with van der Waals surface area (Å²) in [7, 11) is 0. The molecule has 0 saturated heterocycles. The number of benzene rings is 1. The van der Waals surface area contributed by atoms with Gasteiger partial charge in [-0.1, -0.05) is 28.1 Å². The molecule has 0 heterocycles. The fourth-order valence-electron chi connectivity index (χ4n) is 1.31. The molecule has 18 heavy (non-hydrogen) atoms. The van der Waals surface area contributed by atoms with Crippen molar-refractivity contribution in [1.82, 2.24) is 5.32 Å². The molecule has 1 amide bonds. The molecule has 98 valence electrons. The normalized spacial score (nSPS) is 11.7. The van der Waals surface area contributed by atoms with Crippen LogP contribution in [-0.4, -0.2) is 23.7 Å². The molecule has 0 radical (unpaired) electrons. The van der Waals surface area contributed by atoms with Gasteiger partial charge in [0.15, 0.2) is 0 Å². The standard InChI is InChI=1S/C12H14BrNO3S/c1-8(15)14-11(7-18)12(16)17-6-9-3-2-4-10(13)5-9/h2-5,11,18H,6-7H2,1H3,(H,14,15)/t11-/m0/s1. The minimum atomic E-state index is -0.710. The predicted octanol–water partition coefficient (Wildman–Crippen LogP) is 1.93. The first-order valence-corrected chi connectivity index (χ1v) is 6.74. The number of hydrogen-bond acceptors (Lipinski definition) is 4. The van der Waals surface area contributed by atoms with Gasteiger partial charge in [0.25, 0.3) is 0 Å². The van der Waals surface area contributed by atoms with Crippen LogP contribution in [0.2, 0.25) is 0 Å². The number of carbonyl (C=O) groups is 2. The zero-order chi connectivity index (χ0) is 13.5. The van der Waals surface area contributed by atoms with Gasteiger partial charge in [0.1, 0.15) is 12.6 Å². The molecule has 1 rings (SSSR count). The van der Waals surface area contributed by atoms with Crippen LogP contribution in [-0.2, 0) is 20.9 Å². The van der Waals surface area contributed by atoms with E-state index >= 15 is 0 Å². The quantitative estimate of drug-likeness (QED) is 0.640. The van der Waals surface area contributed by atoms with E-state index in [-0.39, 0.29) is 18.3 Å². The second-order valence-electron chi connectivity index (χ2n) is 3.67. The number of ether oxygens (including phenoxy) is 1. The van der Waals surface area contributed by atoms with Gasteiger partial charge in [-0.3, -0.25) is 4.79 Å². The maximum absolute atomic E-state index is 11.7. The summed E-state index contributed by atoms with van der Waals surface area (Å²) in [6.45, 7) is 1.51. The third-order valence-electron chi connectivity index (χ3n) is 2.11. The Morgan fingerprint density at radius 2 is 2.22 bits per heavy atom. The first-order valence-electron chi connectivity index (χ1n) is 5.32. The van der Waals surface area contributed by atoms with Crippen LogP contribution < -0.4 is 5.32 Å². The highest BCUT2D eigenvalue weighted by Gasteiger charge is 2.19. The zero-order valence-electron chi connectivity index (χ0n) is 9.85. The highest BCUT2D eigenvalue weighted by atomic mass is 79.9. The number of halogens is 1. The Morgan fingerprint density at radius 3 is 2.78 bits per heavy atom. The number of hydrogen-bond donors (Lipinski definition) is 2. The van der Waals surface area contributed by atoms with Gasteiger partial charge in [0.05, 0.1) is 0 Å². The summed E-state index contributed by atoms with van der Waals surface area (Å²) in [5.74, 6) is -0.565. The molecule has 1 N–H and O–H groups in total. The fraction of sp³-hybridized carbons (Fsp3) is 0.333. The zero-order valence-corrected chi connectivity index (χ0v) is 12.3. The van der Waals surface area contributed by atoms with Crippen molar-refractivity contribution in [3.63, 3.8) is 0 Å². The van der Waals surface area contributed by atoms with Crippen molar-refractivity contribution >= 4 is 40.4 Å². The van der Waals surface area contributed by atoms with Gasteiger partial charge in [0, 0.05) is 17.1 Å². The second kappa shape index (κ2) is 7.43. The molecule has 0 spiro atoms. The maximum atomic E-state index is 11.7. The Kier molecular flexibility index (Phi) is 6.21. The molecule has 0 aliphatic rings. The minimum absolute atomic E-state index is 0.169. The van der Waals surface area contributed by atoms with Gasteiger partial charge in [-0.2, -0.15) is 12.6 Å². The number of carbonyl (C=O) groups excluding carboxylic acids is 2. The first-order chi connectivity index (χ1) is 8.52. The topological polar surface area (TPSA) is 55.4 Å². The number of thiol groups is 1. The molecule has 4 nitrogen and oxygen atoms in total. The Bertz CT molecular complexity index is 439. The van der Waals surface area contributed by atoms with Crippen LogP contribution in [0.3, 0.4) is 0 Å². The Hall–Kier alpha value is -1.01. The predicted molar refractivity (Wildman–Crippen MR) is 75.4 cm³/mol. The van der Waals surface area contributed by atoms with Crippen LogP contribution in [0.4, 0.5) is 0 Å². The maximum Gasteiger partial charge on any atom is 0.329 e. The molecule has 6 heteroatoms. The van der Waals surface area contributed by atoms with Crippen molar-refractivity contribution in [3.05, 3.63) is 34.3 Å². The van der Waals surface area contributed by atoms with E-state index in [0.29, 0.717) is 0 Å². The molecule has 0 aliphatic heterocycles. The van der Waals surface area contributed by atoms with Gasteiger partial charge >= 0.3 is 5.97 Å². The summed E-state index contributed by atoms with van der Waals surface area (Å²) in [5.41, 5.74) is 0.874. The molecule has 0 aliphatic carbocycles. The second-order valence-corrected chi connectivity index (χ2v) is 4.95. The molecule has 1 aromatic carbocycles. The van der Waals surface area contributed by atoms with Gasteiger partial charge in [-0.15, -0.1) is 0 Å². The van der Waals surface area contributed by atoms with Crippen molar-refractivity contribution in [2.45, 2.75) is 19.6 Å². The highest BCUT2D eigenvalue weighted by Crippen LogP contribution is 2.12. The van der Waals surface area contributed by atoms with E-state index in [1.807, 2.05) is 24.3 Å². The lowest BCUT2D eigenvalue weighted by Crippen LogP contribution is -2.42. The van der Waals surface area contributed by atoms with E-state index in [2.05, 4.69) is 33.9 Å². The number of rotatable bonds is 5. The van der Waals surface area contributed by atoms with E-state index in [9.17, 15) is 9.59 Å². The molecule has 0 aromatic heterocycles. The minimum Gasteiger partial charge on any atom is -0.459 e. The van der Waals surface area contributed by atoms with E-state index in [0.717, 1.165) is 10.0 Å². The van der Waals surface area contributed by atoms with E-state index < -0.39 is 12.0 Å². The largest absolute Gasteiger partial charge is 0.459 e. The Labute approximate surface area is 120 Å². The Morgan fingerprint density at radius 1 is 1.50 bits per heavy atom. The lowest BCUT2D eigenvalue weighted by Gasteiger charge is -2.14. The van der Waals surface area contributed by atoms with Crippen molar-refractivity contribution in [2.24, 2.45) is 0 Å². The van der Waals surface area contributed by atoms with Gasteiger partial charge in [0.2, 0.25) is 5.91 Å². The van der Waals surface area contributed by atoms with Crippen molar-refractivity contribution in [1.29, 1.82) is 0 Å². The van der Waals surface area contributed by atoms with Crippen LogP contribution in [0, 0.1) is 0 Å². The summed E-state index contributed by atoms with van der Waals surface area (Å²) in [6.07, 6.45) is 0. The number of nitrogens with one attached hydrogen (secondary N) is 1. The van der Waals surface area contributed by atoms with Crippen LogP contribution in [0.5, 0.6) is 0 Å². The van der Waals surface area contributed by atoms with E-state index in [4.69, 9.17) is 4.74 Å². The number of amides is 1. The number of esters is 1. The first kappa shape index (κ1) is 15.0. The Balaban J connectivity index is 2.51. The van der Waals surface area contributed by atoms with E-state index in [1.165, 1.54) is 6.92 Å². The molecule has 0 saturated carbocycles. The lowest BCUT2D eigenvalue weighted by molar-refractivity contribution is -0.148. The lowest BCUT2D eigenvalue weighted by atomic mass is 10.2. The summed E-state index contributed by atoms with van der Waals surface area (Å²) in [6, 6.07) is 6.75. The summed E-state index contributed by atoms with van der Waals surface area (Å²) < 4.78 is 6.03. The van der Waals surface area contributed by atoms with Crippen LogP contribution in [0.15, 0.2) is 28.7 Å².